The normalized spacial score (nSPS) is 16.8. The monoisotopic (exact) mass is 394 g/mol. The zero-order valence-electron chi connectivity index (χ0n) is 16.1. The minimum absolute atomic E-state index is 0.0872. The number of nitrogens with zero attached hydrogens (tertiary/aromatic N) is 3. The lowest BCUT2D eigenvalue weighted by Gasteiger charge is -2.32. The first-order chi connectivity index (χ1) is 14.0. The van der Waals surface area contributed by atoms with Crippen LogP contribution in [0.4, 0.5) is 5.69 Å². The zero-order valence-corrected chi connectivity index (χ0v) is 16.1. The SMILES string of the molecule is Cc1noc2ncc(C(=O)Nc3cccc(C(=O)N4CCC[C@@H](CO)C4)c3)cc12. The number of carbonyl (C=O) groups excluding carboxylic acids is 2. The number of likely N-dealkylation sites (tertiary alicyclic amines) is 1. The summed E-state index contributed by atoms with van der Waals surface area (Å²) in [4.78, 5) is 31.3. The molecule has 2 N–H and O–H groups in total. The molecule has 0 unspecified atom stereocenters. The molecule has 0 spiro atoms. The van der Waals surface area contributed by atoms with Crippen LogP contribution < -0.4 is 5.32 Å². The Labute approximate surface area is 167 Å². The first kappa shape index (κ1) is 19.1. The Kier molecular flexibility index (Phi) is 5.26. The molecular formula is C21H22N4O4. The minimum Gasteiger partial charge on any atom is -0.396 e. The maximum absolute atomic E-state index is 12.8. The average Bonchev–Trinajstić information content (AvgIpc) is 3.13. The van der Waals surface area contributed by atoms with E-state index in [1.807, 2.05) is 0 Å². The summed E-state index contributed by atoms with van der Waals surface area (Å²) in [5.41, 5.74) is 2.46. The third-order valence-electron chi connectivity index (χ3n) is 5.20. The molecule has 150 valence electrons. The Hall–Kier alpha value is -3.26. The molecule has 1 saturated heterocycles. The van der Waals surface area contributed by atoms with Crippen LogP contribution in [0, 0.1) is 12.8 Å². The van der Waals surface area contributed by atoms with E-state index in [1.165, 1.54) is 6.20 Å². The topological polar surface area (TPSA) is 109 Å². The van der Waals surface area contributed by atoms with Gasteiger partial charge in [-0.3, -0.25) is 9.59 Å². The van der Waals surface area contributed by atoms with Gasteiger partial charge in [0.25, 0.3) is 17.5 Å². The van der Waals surface area contributed by atoms with Crippen LogP contribution in [-0.4, -0.2) is 51.7 Å². The number of benzene rings is 1. The molecule has 0 aliphatic carbocycles. The van der Waals surface area contributed by atoms with Crippen LogP contribution in [0.25, 0.3) is 11.1 Å². The summed E-state index contributed by atoms with van der Waals surface area (Å²) < 4.78 is 5.07. The lowest BCUT2D eigenvalue weighted by molar-refractivity contribution is 0.0620. The van der Waals surface area contributed by atoms with Crippen LogP contribution in [-0.2, 0) is 0 Å². The van der Waals surface area contributed by atoms with Crippen molar-refractivity contribution >= 4 is 28.6 Å². The summed E-state index contributed by atoms with van der Waals surface area (Å²) in [6.45, 7) is 3.10. The Balaban J connectivity index is 1.50. The molecule has 1 aliphatic heterocycles. The van der Waals surface area contributed by atoms with Crippen LogP contribution >= 0.6 is 0 Å². The molecule has 1 atom stereocenters. The van der Waals surface area contributed by atoms with Gasteiger partial charge in [-0.05, 0) is 49.9 Å². The Morgan fingerprint density at radius 3 is 3.00 bits per heavy atom. The van der Waals surface area contributed by atoms with Crippen molar-refractivity contribution in [2.45, 2.75) is 19.8 Å². The second-order valence-corrected chi connectivity index (χ2v) is 7.32. The third-order valence-corrected chi connectivity index (χ3v) is 5.20. The van der Waals surface area contributed by atoms with Gasteiger partial charge in [0, 0.05) is 37.1 Å². The van der Waals surface area contributed by atoms with Crippen molar-refractivity contribution < 1.29 is 19.2 Å². The molecule has 2 aromatic heterocycles. The van der Waals surface area contributed by atoms with E-state index in [1.54, 1.807) is 42.2 Å². The van der Waals surface area contributed by atoms with Crippen molar-refractivity contribution in [2.75, 3.05) is 25.0 Å². The van der Waals surface area contributed by atoms with Crippen LogP contribution in [0.5, 0.6) is 0 Å². The lowest BCUT2D eigenvalue weighted by atomic mass is 9.98. The number of aliphatic hydroxyl groups is 1. The number of aliphatic hydroxyl groups excluding tert-OH is 1. The number of piperidine rings is 1. The van der Waals surface area contributed by atoms with Crippen molar-refractivity contribution in [2.24, 2.45) is 5.92 Å². The number of aryl methyl sites for hydroxylation is 1. The van der Waals surface area contributed by atoms with Gasteiger partial charge in [-0.1, -0.05) is 11.2 Å². The van der Waals surface area contributed by atoms with E-state index >= 15 is 0 Å². The Bertz CT molecular complexity index is 1060. The van der Waals surface area contributed by atoms with Crippen LogP contribution in [0.1, 0.15) is 39.3 Å². The first-order valence-corrected chi connectivity index (χ1v) is 9.58. The molecule has 8 nitrogen and oxygen atoms in total. The molecule has 1 fully saturated rings. The molecule has 29 heavy (non-hydrogen) atoms. The molecule has 0 radical (unpaired) electrons. The standard InChI is InChI=1S/C21H22N4O4/c1-13-18-9-16(10-22-20(18)29-24-13)19(27)23-17-6-2-5-15(8-17)21(28)25-7-3-4-14(11-25)12-26/h2,5-6,8-10,14,26H,3-4,7,11-12H2,1H3,(H,23,27)/t14-/m1/s1. The smallest absolute Gasteiger partial charge is 0.257 e. The van der Waals surface area contributed by atoms with E-state index in [0.29, 0.717) is 46.7 Å². The maximum Gasteiger partial charge on any atom is 0.257 e. The summed E-state index contributed by atoms with van der Waals surface area (Å²) in [5, 5.41) is 16.7. The molecular weight excluding hydrogens is 372 g/mol. The third kappa shape index (κ3) is 3.97. The number of nitrogens with one attached hydrogen (secondary N) is 1. The van der Waals surface area contributed by atoms with Gasteiger partial charge >= 0.3 is 0 Å². The van der Waals surface area contributed by atoms with Gasteiger partial charge < -0.3 is 19.8 Å². The zero-order chi connectivity index (χ0) is 20.4. The summed E-state index contributed by atoms with van der Waals surface area (Å²) in [6.07, 6.45) is 3.24. The summed E-state index contributed by atoms with van der Waals surface area (Å²) in [5.74, 6) is -0.302. The second-order valence-electron chi connectivity index (χ2n) is 7.32. The molecule has 1 aromatic carbocycles. The molecule has 0 saturated carbocycles. The number of aromatic nitrogens is 2. The fraction of sp³-hybridized carbons (Fsp3) is 0.333. The van der Waals surface area contributed by atoms with Crippen molar-refractivity contribution in [3.63, 3.8) is 0 Å². The number of hydrogen-bond donors (Lipinski definition) is 2. The van der Waals surface area contributed by atoms with Gasteiger partial charge in [-0.2, -0.15) is 0 Å². The van der Waals surface area contributed by atoms with E-state index in [0.717, 1.165) is 12.8 Å². The van der Waals surface area contributed by atoms with Crippen molar-refractivity contribution in [3.8, 4) is 0 Å². The van der Waals surface area contributed by atoms with Crippen molar-refractivity contribution in [1.82, 2.24) is 15.0 Å². The second kappa shape index (κ2) is 8.00. The van der Waals surface area contributed by atoms with E-state index in [-0.39, 0.29) is 24.3 Å². The molecule has 3 heterocycles. The average molecular weight is 394 g/mol. The van der Waals surface area contributed by atoms with Crippen molar-refractivity contribution in [3.05, 3.63) is 53.3 Å². The number of anilines is 1. The van der Waals surface area contributed by atoms with E-state index in [4.69, 9.17) is 4.52 Å². The molecule has 8 heteroatoms. The number of hydrogen-bond acceptors (Lipinski definition) is 6. The Morgan fingerprint density at radius 2 is 2.17 bits per heavy atom. The number of amides is 2. The van der Waals surface area contributed by atoms with Gasteiger partial charge in [0.1, 0.15) is 0 Å². The highest BCUT2D eigenvalue weighted by molar-refractivity contribution is 6.06. The number of carbonyl (C=O) groups is 2. The number of pyridine rings is 1. The quantitative estimate of drug-likeness (QED) is 0.704. The predicted octanol–water partition coefficient (Wildman–Crippen LogP) is 2.63. The first-order valence-electron chi connectivity index (χ1n) is 9.58. The number of rotatable bonds is 4. The highest BCUT2D eigenvalue weighted by Gasteiger charge is 2.24. The van der Waals surface area contributed by atoms with Gasteiger partial charge in [-0.25, -0.2) is 4.98 Å². The van der Waals surface area contributed by atoms with E-state index in [9.17, 15) is 14.7 Å². The summed E-state index contributed by atoms with van der Waals surface area (Å²) in [6, 6.07) is 8.55. The summed E-state index contributed by atoms with van der Waals surface area (Å²) in [7, 11) is 0. The molecule has 0 bridgehead atoms. The highest BCUT2D eigenvalue weighted by Crippen LogP contribution is 2.21. The largest absolute Gasteiger partial charge is 0.396 e. The molecule has 4 rings (SSSR count). The van der Waals surface area contributed by atoms with Crippen molar-refractivity contribution in [1.29, 1.82) is 0 Å². The van der Waals surface area contributed by atoms with Gasteiger partial charge in [0.05, 0.1) is 16.6 Å². The predicted molar refractivity (Wildman–Crippen MR) is 107 cm³/mol. The van der Waals surface area contributed by atoms with E-state index < -0.39 is 0 Å². The van der Waals surface area contributed by atoms with Crippen LogP contribution in [0.3, 0.4) is 0 Å². The lowest BCUT2D eigenvalue weighted by Crippen LogP contribution is -2.40. The molecule has 3 aromatic rings. The fourth-order valence-corrected chi connectivity index (χ4v) is 3.58. The van der Waals surface area contributed by atoms with Gasteiger partial charge in [0.15, 0.2) is 0 Å². The fourth-order valence-electron chi connectivity index (χ4n) is 3.58. The van der Waals surface area contributed by atoms with Crippen LogP contribution in [0.15, 0.2) is 41.1 Å². The van der Waals surface area contributed by atoms with E-state index in [2.05, 4.69) is 15.5 Å². The maximum atomic E-state index is 12.8. The Morgan fingerprint density at radius 1 is 1.31 bits per heavy atom. The van der Waals surface area contributed by atoms with Gasteiger partial charge in [-0.15, -0.1) is 0 Å². The molecule has 2 amide bonds. The molecule has 1 aliphatic rings. The van der Waals surface area contributed by atoms with Gasteiger partial charge in [0.2, 0.25) is 0 Å². The number of fused-ring (bicyclic) bond motifs is 1. The summed E-state index contributed by atoms with van der Waals surface area (Å²) >= 11 is 0. The highest BCUT2D eigenvalue weighted by atomic mass is 16.5. The minimum atomic E-state index is -0.331. The van der Waals surface area contributed by atoms with Crippen LogP contribution in [0.2, 0.25) is 0 Å².